The van der Waals surface area contributed by atoms with Crippen LogP contribution in [0.1, 0.15) is 20.8 Å². The van der Waals surface area contributed by atoms with E-state index in [1.165, 1.54) is 0 Å². The van der Waals surface area contributed by atoms with Gasteiger partial charge in [-0.3, -0.25) is 4.90 Å². The highest BCUT2D eigenvalue weighted by atomic mass is 32.2. The zero-order valence-corrected chi connectivity index (χ0v) is 11.6. The molecular formula is C10H24N2O3S. The summed E-state index contributed by atoms with van der Waals surface area (Å²) >= 11 is 0. The number of sulfonamides is 1. The van der Waals surface area contributed by atoms with Gasteiger partial charge in [0.2, 0.25) is 10.0 Å². The lowest BCUT2D eigenvalue weighted by molar-refractivity contribution is 0.0678. The normalized spacial score (nSPS) is 15.4. The molecule has 0 aliphatic carbocycles. The number of nitrogens with one attached hydrogen (secondary N) is 1. The minimum atomic E-state index is -3.13. The monoisotopic (exact) mass is 252 g/mol. The quantitative estimate of drug-likeness (QED) is 0.691. The third kappa shape index (κ3) is 6.42. The fourth-order valence-electron chi connectivity index (χ4n) is 1.64. The maximum Gasteiger partial charge on any atom is 0.208 e. The van der Waals surface area contributed by atoms with Crippen LogP contribution in [0.2, 0.25) is 0 Å². The Morgan fingerprint density at radius 2 is 1.88 bits per heavy atom. The molecule has 0 aliphatic rings. The van der Waals surface area contributed by atoms with Gasteiger partial charge in [0, 0.05) is 19.1 Å². The first-order valence-electron chi connectivity index (χ1n) is 5.33. The first kappa shape index (κ1) is 15.8. The van der Waals surface area contributed by atoms with E-state index in [2.05, 4.69) is 4.72 Å². The average Bonchev–Trinajstić information content (AvgIpc) is 1.99. The Kier molecular flexibility index (Phi) is 5.89. The number of aliphatic hydroxyl groups is 1. The fraction of sp³-hybridized carbons (Fsp3) is 1.00. The van der Waals surface area contributed by atoms with Crippen molar-refractivity contribution in [3.63, 3.8) is 0 Å². The van der Waals surface area contributed by atoms with Gasteiger partial charge in [0.25, 0.3) is 0 Å². The fourth-order valence-corrected chi connectivity index (χ4v) is 2.10. The molecule has 0 unspecified atom stereocenters. The lowest BCUT2D eigenvalue weighted by Crippen LogP contribution is -2.47. The molecule has 1 atom stereocenters. The Labute approximate surface area is 98.9 Å². The third-order valence-corrected chi connectivity index (χ3v) is 3.26. The third-order valence-electron chi connectivity index (χ3n) is 2.53. The molecule has 16 heavy (non-hydrogen) atoms. The number of aliphatic hydroxyl groups excluding tert-OH is 1. The molecule has 0 fully saturated rings. The van der Waals surface area contributed by atoms with Crippen LogP contribution in [-0.2, 0) is 10.0 Å². The summed E-state index contributed by atoms with van der Waals surface area (Å²) < 4.78 is 24.2. The highest BCUT2D eigenvalue weighted by Crippen LogP contribution is 2.22. The summed E-state index contributed by atoms with van der Waals surface area (Å²) in [6.07, 6.45) is 1.14. The van der Waals surface area contributed by atoms with Crippen molar-refractivity contribution in [2.24, 2.45) is 5.41 Å². The largest absolute Gasteiger partial charge is 0.395 e. The number of hydrogen-bond donors (Lipinski definition) is 2. The Morgan fingerprint density at radius 1 is 1.38 bits per heavy atom. The highest BCUT2D eigenvalue weighted by Gasteiger charge is 2.27. The van der Waals surface area contributed by atoms with E-state index in [0.29, 0.717) is 13.1 Å². The van der Waals surface area contributed by atoms with Crippen molar-refractivity contribution < 1.29 is 13.5 Å². The lowest BCUT2D eigenvalue weighted by atomic mass is 9.86. The molecule has 0 radical (unpaired) electrons. The van der Waals surface area contributed by atoms with E-state index < -0.39 is 10.0 Å². The Morgan fingerprint density at radius 3 is 2.19 bits per heavy atom. The molecule has 2 N–H and O–H groups in total. The van der Waals surface area contributed by atoms with Crippen molar-refractivity contribution in [3.8, 4) is 0 Å². The van der Waals surface area contributed by atoms with E-state index in [1.54, 1.807) is 0 Å². The van der Waals surface area contributed by atoms with E-state index in [0.717, 1.165) is 6.26 Å². The second kappa shape index (κ2) is 5.95. The molecule has 0 rings (SSSR count). The second-order valence-corrected chi connectivity index (χ2v) is 7.04. The summed E-state index contributed by atoms with van der Waals surface area (Å²) in [5.74, 6) is 0. The van der Waals surface area contributed by atoms with Crippen molar-refractivity contribution in [1.29, 1.82) is 0 Å². The molecule has 0 aliphatic heterocycles. The molecule has 0 saturated heterocycles. The van der Waals surface area contributed by atoms with E-state index in [-0.39, 0.29) is 18.1 Å². The summed E-state index contributed by atoms with van der Waals surface area (Å²) in [6.45, 7) is 7.16. The predicted octanol–water partition coefficient (Wildman–Crippen LogP) is -0.126. The van der Waals surface area contributed by atoms with Crippen LogP contribution in [0, 0.1) is 5.41 Å². The van der Waals surface area contributed by atoms with Crippen molar-refractivity contribution in [2.75, 3.05) is 33.0 Å². The van der Waals surface area contributed by atoms with Crippen LogP contribution in [0.15, 0.2) is 0 Å². The zero-order valence-electron chi connectivity index (χ0n) is 10.8. The molecule has 5 nitrogen and oxygen atoms in total. The molecule has 0 bridgehead atoms. The van der Waals surface area contributed by atoms with Gasteiger partial charge in [-0.1, -0.05) is 20.8 Å². The van der Waals surface area contributed by atoms with Gasteiger partial charge in [-0.2, -0.15) is 0 Å². The van der Waals surface area contributed by atoms with Crippen LogP contribution < -0.4 is 4.72 Å². The number of hydrogen-bond acceptors (Lipinski definition) is 4. The smallest absolute Gasteiger partial charge is 0.208 e. The number of likely N-dealkylation sites (N-methyl/N-ethyl adjacent to an activating group) is 1. The predicted molar refractivity (Wildman–Crippen MR) is 65.8 cm³/mol. The van der Waals surface area contributed by atoms with E-state index >= 15 is 0 Å². The van der Waals surface area contributed by atoms with E-state index in [4.69, 9.17) is 0 Å². The summed E-state index contributed by atoms with van der Waals surface area (Å²) in [5.41, 5.74) is -0.0331. The van der Waals surface area contributed by atoms with Gasteiger partial charge in [-0.05, 0) is 12.5 Å². The number of rotatable bonds is 6. The molecule has 6 heteroatoms. The second-order valence-electron chi connectivity index (χ2n) is 5.21. The summed E-state index contributed by atoms with van der Waals surface area (Å²) in [7, 11) is -1.24. The van der Waals surface area contributed by atoms with Crippen molar-refractivity contribution in [1.82, 2.24) is 9.62 Å². The Bertz CT molecular complexity index is 296. The minimum Gasteiger partial charge on any atom is -0.395 e. The molecule has 0 aromatic rings. The van der Waals surface area contributed by atoms with Gasteiger partial charge >= 0.3 is 0 Å². The van der Waals surface area contributed by atoms with Gasteiger partial charge in [-0.25, -0.2) is 13.1 Å². The van der Waals surface area contributed by atoms with Crippen LogP contribution in [0.25, 0.3) is 0 Å². The average molecular weight is 252 g/mol. The molecule has 98 valence electrons. The Balaban J connectivity index is 4.19. The molecule has 0 heterocycles. The molecule has 0 amide bonds. The molecule has 0 spiro atoms. The van der Waals surface area contributed by atoms with Crippen LogP contribution in [0.5, 0.6) is 0 Å². The van der Waals surface area contributed by atoms with Gasteiger partial charge in [0.05, 0.1) is 12.9 Å². The topological polar surface area (TPSA) is 69.6 Å². The molecular weight excluding hydrogens is 228 g/mol. The van der Waals surface area contributed by atoms with Crippen LogP contribution in [0.4, 0.5) is 0 Å². The van der Waals surface area contributed by atoms with Crippen LogP contribution >= 0.6 is 0 Å². The van der Waals surface area contributed by atoms with Crippen molar-refractivity contribution >= 4 is 10.0 Å². The van der Waals surface area contributed by atoms with Gasteiger partial charge in [0.1, 0.15) is 0 Å². The lowest BCUT2D eigenvalue weighted by Gasteiger charge is -2.36. The first-order valence-corrected chi connectivity index (χ1v) is 7.23. The molecule has 0 aromatic heterocycles. The van der Waals surface area contributed by atoms with Gasteiger partial charge in [-0.15, -0.1) is 0 Å². The SMILES string of the molecule is CN(CCNS(C)(=O)=O)[C@H](CO)C(C)(C)C. The maximum absolute atomic E-state index is 10.9. The first-order chi connectivity index (χ1) is 7.08. The molecule has 0 saturated carbocycles. The van der Waals surface area contributed by atoms with Gasteiger partial charge < -0.3 is 5.11 Å². The van der Waals surface area contributed by atoms with Gasteiger partial charge in [0.15, 0.2) is 0 Å². The van der Waals surface area contributed by atoms with Crippen LogP contribution in [-0.4, -0.2) is 57.5 Å². The highest BCUT2D eigenvalue weighted by molar-refractivity contribution is 7.88. The summed E-state index contributed by atoms with van der Waals surface area (Å²) in [4.78, 5) is 1.97. The Hall–Kier alpha value is -0.170. The van der Waals surface area contributed by atoms with Crippen molar-refractivity contribution in [3.05, 3.63) is 0 Å². The maximum atomic E-state index is 10.9. The summed E-state index contributed by atoms with van der Waals surface area (Å²) in [5, 5.41) is 9.31. The standard InChI is InChI=1S/C10H24N2O3S/c1-10(2,3)9(8-13)12(4)7-6-11-16(5,14)15/h9,11,13H,6-8H2,1-5H3/t9-/m1/s1. The van der Waals surface area contributed by atoms with Crippen LogP contribution in [0.3, 0.4) is 0 Å². The van der Waals surface area contributed by atoms with E-state index in [1.807, 2.05) is 32.7 Å². The van der Waals surface area contributed by atoms with Crippen molar-refractivity contribution in [2.45, 2.75) is 26.8 Å². The summed E-state index contributed by atoms with van der Waals surface area (Å²) in [6, 6.07) is 0.0221. The number of nitrogens with zero attached hydrogens (tertiary/aromatic N) is 1. The molecule has 0 aromatic carbocycles. The minimum absolute atomic E-state index is 0.0221. The zero-order chi connectivity index (χ0) is 13.0. The van der Waals surface area contributed by atoms with E-state index in [9.17, 15) is 13.5 Å².